The molecule has 1 aromatic rings. The van der Waals surface area contributed by atoms with Gasteiger partial charge >= 0.3 is 0 Å². The highest BCUT2D eigenvalue weighted by molar-refractivity contribution is 5.04. The number of ether oxygens (including phenoxy) is 1. The second kappa shape index (κ2) is 3.42. The third-order valence-corrected chi connectivity index (χ3v) is 1.55. The molecule has 12 heavy (non-hydrogen) atoms. The molecule has 0 saturated heterocycles. The third kappa shape index (κ3) is 1.86. The van der Waals surface area contributed by atoms with Crippen molar-refractivity contribution in [2.45, 2.75) is 19.4 Å². The lowest BCUT2D eigenvalue weighted by molar-refractivity contribution is -0.0221. The molecule has 3 heteroatoms. The molecule has 0 saturated carbocycles. The van der Waals surface area contributed by atoms with Crippen molar-refractivity contribution >= 4 is 0 Å². The van der Waals surface area contributed by atoms with Gasteiger partial charge in [0.2, 0.25) is 0 Å². The number of nitrogens with zero attached hydrogens (tertiary/aromatic N) is 1. The maximum absolute atomic E-state index is 5.35. The Morgan fingerprint density at radius 3 is 3.00 bits per heavy atom. The Morgan fingerprint density at radius 1 is 1.75 bits per heavy atom. The molecule has 0 radical (unpaired) electrons. The molecule has 64 valence electrons. The fourth-order valence-corrected chi connectivity index (χ4v) is 0.820. The van der Waals surface area contributed by atoms with E-state index in [0.717, 1.165) is 0 Å². The fraction of sp³-hybridized carbons (Fsp3) is 0.444. The maximum atomic E-state index is 5.35. The van der Waals surface area contributed by atoms with Crippen molar-refractivity contribution in [1.29, 1.82) is 0 Å². The second-order valence-electron chi connectivity index (χ2n) is 2.88. The average molecular weight is 165 g/mol. The minimum absolute atomic E-state index is 0.272. The number of terminal acetylenes is 1. The van der Waals surface area contributed by atoms with Gasteiger partial charge in [-0.1, -0.05) is 11.1 Å². The van der Waals surface area contributed by atoms with Crippen LogP contribution in [0.3, 0.4) is 0 Å². The molecule has 0 bridgehead atoms. The van der Waals surface area contributed by atoms with Gasteiger partial charge in [-0.25, -0.2) is 0 Å². The van der Waals surface area contributed by atoms with Crippen molar-refractivity contribution in [2.24, 2.45) is 0 Å². The van der Waals surface area contributed by atoms with Crippen LogP contribution in [-0.4, -0.2) is 11.8 Å². The number of rotatable bonds is 3. The predicted molar refractivity (Wildman–Crippen MR) is 44.3 cm³/mol. The van der Waals surface area contributed by atoms with Crippen LogP contribution >= 0.6 is 0 Å². The summed E-state index contributed by atoms with van der Waals surface area (Å²) in [6, 6.07) is 1.76. The van der Waals surface area contributed by atoms with E-state index in [1.165, 1.54) is 0 Å². The predicted octanol–water partition coefficient (Wildman–Crippen LogP) is 1.56. The van der Waals surface area contributed by atoms with Gasteiger partial charge in [-0.05, 0) is 13.8 Å². The molecule has 0 amide bonds. The van der Waals surface area contributed by atoms with Crippen molar-refractivity contribution in [3.05, 3.63) is 18.0 Å². The molecule has 3 nitrogen and oxygen atoms in total. The van der Waals surface area contributed by atoms with Crippen LogP contribution < -0.4 is 0 Å². The standard InChI is InChI=1S/C9H11NO2/c1-4-7-11-9(2,3)8-5-6-10-12-8/h1,5-6H,7H2,2-3H3. The molecule has 0 aliphatic carbocycles. The van der Waals surface area contributed by atoms with E-state index < -0.39 is 5.60 Å². The van der Waals surface area contributed by atoms with Crippen molar-refractivity contribution in [1.82, 2.24) is 5.16 Å². The SMILES string of the molecule is C#CCOC(C)(C)c1ccno1. The molecule has 0 spiro atoms. The minimum Gasteiger partial charge on any atom is -0.358 e. The molecular formula is C9H11NO2. The van der Waals surface area contributed by atoms with Crippen LogP contribution in [-0.2, 0) is 10.3 Å². The van der Waals surface area contributed by atoms with E-state index in [1.54, 1.807) is 12.3 Å². The Labute approximate surface area is 71.7 Å². The minimum atomic E-state index is -0.497. The zero-order chi connectivity index (χ0) is 9.03. The molecule has 0 N–H and O–H groups in total. The van der Waals surface area contributed by atoms with E-state index in [-0.39, 0.29) is 6.61 Å². The number of aromatic nitrogens is 1. The highest BCUT2D eigenvalue weighted by Crippen LogP contribution is 2.23. The lowest BCUT2D eigenvalue weighted by Gasteiger charge is -2.20. The molecule has 0 unspecified atom stereocenters. The molecule has 1 aromatic heterocycles. The summed E-state index contributed by atoms with van der Waals surface area (Å²) >= 11 is 0. The van der Waals surface area contributed by atoms with Gasteiger partial charge in [0.1, 0.15) is 12.2 Å². The molecule has 1 rings (SSSR count). The quantitative estimate of drug-likeness (QED) is 0.637. The largest absolute Gasteiger partial charge is 0.358 e. The summed E-state index contributed by atoms with van der Waals surface area (Å²) in [7, 11) is 0. The number of hydrogen-bond donors (Lipinski definition) is 0. The normalized spacial score (nSPS) is 11.1. The topological polar surface area (TPSA) is 35.3 Å². The van der Waals surface area contributed by atoms with Crippen molar-refractivity contribution < 1.29 is 9.26 Å². The molecule has 0 aliphatic heterocycles. The van der Waals surface area contributed by atoms with Gasteiger partial charge in [0.05, 0.1) is 6.20 Å². The highest BCUT2D eigenvalue weighted by atomic mass is 16.5. The summed E-state index contributed by atoms with van der Waals surface area (Å²) in [6.07, 6.45) is 6.65. The molecule has 0 aromatic carbocycles. The zero-order valence-electron chi connectivity index (χ0n) is 7.20. The van der Waals surface area contributed by atoms with E-state index in [2.05, 4.69) is 11.1 Å². The van der Waals surface area contributed by atoms with Crippen LogP contribution in [0.2, 0.25) is 0 Å². The van der Waals surface area contributed by atoms with Crippen molar-refractivity contribution in [2.75, 3.05) is 6.61 Å². The summed E-state index contributed by atoms with van der Waals surface area (Å²) in [4.78, 5) is 0. The van der Waals surface area contributed by atoms with E-state index in [4.69, 9.17) is 15.7 Å². The first-order chi connectivity index (χ1) is 5.67. The smallest absolute Gasteiger partial charge is 0.167 e. The van der Waals surface area contributed by atoms with E-state index in [9.17, 15) is 0 Å². The van der Waals surface area contributed by atoms with E-state index in [0.29, 0.717) is 5.76 Å². The maximum Gasteiger partial charge on any atom is 0.167 e. The van der Waals surface area contributed by atoms with Crippen LogP contribution in [0.25, 0.3) is 0 Å². The molecular weight excluding hydrogens is 154 g/mol. The second-order valence-corrected chi connectivity index (χ2v) is 2.88. The lowest BCUT2D eigenvalue weighted by atomic mass is 10.1. The monoisotopic (exact) mass is 165 g/mol. The summed E-state index contributed by atoms with van der Waals surface area (Å²) in [5.41, 5.74) is -0.497. The summed E-state index contributed by atoms with van der Waals surface area (Å²) in [5, 5.41) is 3.59. The van der Waals surface area contributed by atoms with E-state index in [1.807, 2.05) is 13.8 Å². The van der Waals surface area contributed by atoms with Crippen LogP contribution in [0, 0.1) is 12.3 Å². The van der Waals surface area contributed by atoms with Crippen molar-refractivity contribution in [3.63, 3.8) is 0 Å². The summed E-state index contributed by atoms with van der Waals surface area (Å²) in [6.45, 7) is 4.03. The van der Waals surface area contributed by atoms with Crippen LogP contribution in [0.4, 0.5) is 0 Å². The van der Waals surface area contributed by atoms with Gasteiger partial charge in [0, 0.05) is 6.07 Å². The molecule has 0 aliphatic rings. The Balaban J connectivity index is 2.67. The lowest BCUT2D eigenvalue weighted by Crippen LogP contribution is -2.21. The van der Waals surface area contributed by atoms with E-state index >= 15 is 0 Å². The highest BCUT2D eigenvalue weighted by Gasteiger charge is 2.24. The van der Waals surface area contributed by atoms with Gasteiger partial charge < -0.3 is 9.26 Å². The van der Waals surface area contributed by atoms with Gasteiger partial charge in [0.25, 0.3) is 0 Å². The Morgan fingerprint density at radius 2 is 2.50 bits per heavy atom. The Kier molecular flexibility index (Phi) is 2.51. The molecule has 1 heterocycles. The summed E-state index contributed by atoms with van der Waals surface area (Å²) < 4.78 is 10.3. The zero-order valence-corrected chi connectivity index (χ0v) is 7.20. The van der Waals surface area contributed by atoms with Crippen LogP contribution in [0.15, 0.2) is 16.8 Å². The fourth-order valence-electron chi connectivity index (χ4n) is 0.820. The summed E-state index contributed by atoms with van der Waals surface area (Å²) in [5.74, 6) is 3.08. The van der Waals surface area contributed by atoms with Gasteiger partial charge in [0.15, 0.2) is 5.76 Å². The van der Waals surface area contributed by atoms with Crippen LogP contribution in [0.1, 0.15) is 19.6 Å². The van der Waals surface area contributed by atoms with Crippen molar-refractivity contribution in [3.8, 4) is 12.3 Å². The Hall–Kier alpha value is -1.27. The molecule has 0 atom stereocenters. The first kappa shape index (κ1) is 8.82. The van der Waals surface area contributed by atoms with Crippen LogP contribution in [0.5, 0.6) is 0 Å². The average Bonchev–Trinajstić information content (AvgIpc) is 2.53. The third-order valence-electron chi connectivity index (χ3n) is 1.55. The number of hydrogen-bond acceptors (Lipinski definition) is 3. The van der Waals surface area contributed by atoms with Gasteiger partial charge in [-0.3, -0.25) is 0 Å². The van der Waals surface area contributed by atoms with Gasteiger partial charge in [-0.2, -0.15) is 0 Å². The van der Waals surface area contributed by atoms with Gasteiger partial charge in [-0.15, -0.1) is 6.42 Å². The Bertz CT molecular complexity index is 269. The first-order valence-electron chi connectivity index (χ1n) is 3.65. The molecule has 0 fully saturated rings. The first-order valence-corrected chi connectivity index (χ1v) is 3.65.